The zero-order chi connectivity index (χ0) is 29.6. The number of nitrogens with two attached hydrogens (primary N) is 1. The number of hydrogen-bond donors (Lipinski definition) is 2. The van der Waals surface area contributed by atoms with E-state index in [1.54, 1.807) is 30.3 Å². The first-order chi connectivity index (χ1) is 19.6. The summed E-state index contributed by atoms with van der Waals surface area (Å²) in [5, 5.41) is 1.98. The van der Waals surface area contributed by atoms with E-state index in [-0.39, 0.29) is 30.4 Å². The highest BCUT2D eigenvalue weighted by molar-refractivity contribution is 8.02. The molecule has 3 atom stereocenters. The Balaban J connectivity index is 1.48. The SMILES string of the molecule is CC(C)[C@H](N)C(=O)OCC[C@H](NC(=O)[C@@H]1SCCN1S(=O)(=O)c1ccc(-c2ccccc2F)cc1)c1ccccc1. The number of nitrogens with one attached hydrogen (secondary N) is 1. The predicted octanol–water partition coefficient (Wildman–Crippen LogP) is 4.33. The van der Waals surface area contributed by atoms with Crippen LogP contribution in [-0.4, -0.2) is 54.9 Å². The van der Waals surface area contributed by atoms with Gasteiger partial charge in [0, 0.05) is 24.3 Å². The smallest absolute Gasteiger partial charge is 0.323 e. The minimum absolute atomic E-state index is 0.0194. The first-order valence-corrected chi connectivity index (χ1v) is 15.8. The van der Waals surface area contributed by atoms with Crippen molar-refractivity contribution in [3.8, 4) is 11.1 Å². The third-order valence-electron chi connectivity index (χ3n) is 6.88. The monoisotopic (exact) mass is 599 g/mol. The van der Waals surface area contributed by atoms with Crippen molar-refractivity contribution in [3.63, 3.8) is 0 Å². The lowest BCUT2D eigenvalue weighted by Crippen LogP contribution is -2.46. The third kappa shape index (κ3) is 7.34. The number of hydrogen-bond acceptors (Lipinski definition) is 7. The van der Waals surface area contributed by atoms with Crippen LogP contribution >= 0.6 is 11.8 Å². The van der Waals surface area contributed by atoms with Crippen molar-refractivity contribution in [3.05, 3.63) is 90.2 Å². The molecule has 3 N–H and O–H groups in total. The summed E-state index contributed by atoms with van der Waals surface area (Å²) in [6, 6.07) is 20.2. The summed E-state index contributed by atoms with van der Waals surface area (Å²) in [6.07, 6.45) is 0.286. The van der Waals surface area contributed by atoms with Gasteiger partial charge < -0.3 is 15.8 Å². The van der Waals surface area contributed by atoms with Gasteiger partial charge in [-0.25, -0.2) is 12.8 Å². The number of ether oxygens (including phenoxy) is 1. The lowest BCUT2D eigenvalue weighted by Gasteiger charge is -2.26. The lowest BCUT2D eigenvalue weighted by atomic mass is 10.0. The van der Waals surface area contributed by atoms with Crippen LogP contribution in [0.3, 0.4) is 0 Å². The average molecular weight is 600 g/mol. The molecule has 41 heavy (non-hydrogen) atoms. The molecule has 1 heterocycles. The number of benzene rings is 3. The summed E-state index contributed by atoms with van der Waals surface area (Å²) in [5.41, 5.74) is 7.59. The zero-order valence-electron chi connectivity index (χ0n) is 22.9. The molecule has 3 aromatic rings. The second-order valence-corrected chi connectivity index (χ2v) is 13.1. The first kappa shape index (κ1) is 30.7. The molecule has 1 aliphatic heterocycles. The van der Waals surface area contributed by atoms with Crippen LogP contribution in [-0.2, 0) is 24.3 Å². The Morgan fingerprint density at radius 3 is 2.37 bits per heavy atom. The highest BCUT2D eigenvalue weighted by atomic mass is 32.2. The van der Waals surface area contributed by atoms with Gasteiger partial charge in [0.25, 0.3) is 0 Å². The molecule has 0 saturated carbocycles. The highest BCUT2D eigenvalue weighted by Gasteiger charge is 2.40. The molecule has 8 nitrogen and oxygen atoms in total. The van der Waals surface area contributed by atoms with Crippen molar-refractivity contribution in [2.45, 2.75) is 42.6 Å². The van der Waals surface area contributed by atoms with Gasteiger partial charge in [0.05, 0.1) is 17.5 Å². The molecule has 0 aliphatic carbocycles. The zero-order valence-corrected chi connectivity index (χ0v) is 24.5. The van der Waals surface area contributed by atoms with Gasteiger partial charge in [-0.3, -0.25) is 9.59 Å². The number of halogens is 1. The Kier molecular flexibility index (Phi) is 10.2. The molecule has 1 amide bonds. The molecule has 3 aromatic carbocycles. The summed E-state index contributed by atoms with van der Waals surface area (Å²) in [7, 11) is -4.01. The maximum atomic E-state index is 14.2. The number of rotatable bonds is 11. The molecule has 218 valence electrons. The van der Waals surface area contributed by atoms with Gasteiger partial charge in [-0.2, -0.15) is 4.31 Å². The second kappa shape index (κ2) is 13.6. The van der Waals surface area contributed by atoms with E-state index in [9.17, 15) is 22.4 Å². The molecule has 0 radical (unpaired) electrons. The van der Waals surface area contributed by atoms with Crippen molar-refractivity contribution >= 4 is 33.7 Å². The van der Waals surface area contributed by atoms with Crippen molar-refractivity contribution in [1.82, 2.24) is 9.62 Å². The van der Waals surface area contributed by atoms with Crippen molar-refractivity contribution < 1.29 is 27.1 Å². The van der Waals surface area contributed by atoms with E-state index < -0.39 is 45.2 Å². The molecule has 1 fully saturated rings. The summed E-state index contributed by atoms with van der Waals surface area (Å²) in [6.45, 7) is 3.86. The Hall–Kier alpha value is -3.25. The fourth-order valence-corrected chi connectivity index (χ4v) is 7.53. The van der Waals surface area contributed by atoms with Crippen LogP contribution in [0.25, 0.3) is 11.1 Å². The average Bonchev–Trinajstić information content (AvgIpc) is 3.48. The van der Waals surface area contributed by atoms with E-state index in [2.05, 4.69) is 5.32 Å². The molecule has 1 aliphatic rings. The maximum absolute atomic E-state index is 14.2. The Labute approximate surface area is 244 Å². The summed E-state index contributed by atoms with van der Waals surface area (Å²) in [5.74, 6) is -0.997. The van der Waals surface area contributed by atoms with E-state index in [0.717, 1.165) is 5.56 Å². The largest absolute Gasteiger partial charge is 0.464 e. The van der Waals surface area contributed by atoms with Gasteiger partial charge in [-0.15, -0.1) is 11.8 Å². The van der Waals surface area contributed by atoms with E-state index in [0.29, 0.717) is 16.9 Å². The van der Waals surface area contributed by atoms with Gasteiger partial charge in [0.1, 0.15) is 17.2 Å². The van der Waals surface area contributed by atoms with Crippen LogP contribution in [0.2, 0.25) is 0 Å². The number of amides is 1. The minimum atomic E-state index is -4.01. The van der Waals surface area contributed by atoms with E-state index >= 15 is 0 Å². The van der Waals surface area contributed by atoms with Crippen molar-refractivity contribution in [2.24, 2.45) is 11.7 Å². The number of esters is 1. The summed E-state index contributed by atoms with van der Waals surface area (Å²) >= 11 is 1.24. The van der Waals surface area contributed by atoms with E-state index in [1.807, 2.05) is 44.2 Å². The van der Waals surface area contributed by atoms with Crippen LogP contribution in [0, 0.1) is 11.7 Å². The molecular weight excluding hydrogens is 565 g/mol. The number of sulfonamides is 1. The van der Waals surface area contributed by atoms with Gasteiger partial charge >= 0.3 is 5.97 Å². The van der Waals surface area contributed by atoms with Crippen molar-refractivity contribution in [1.29, 1.82) is 0 Å². The molecule has 0 bridgehead atoms. The highest BCUT2D eigenvalue weighted by Crippen LogP contribution is 2.32. The molecule has 0 aromatic heterocycles. The fraction of sp³-hybridized carbons (Fsp3) is 0.333. The third-order valence-corrected chi connectivity index (χ3v) is 10.1. The molecule has 4 rings (SSSR count). The van der Waals surface area contributed by atoms with Crippen LogP contribution in [0.15, 0.2) is 83.8 Å². The molecule has 1 saturated heterocycles. The molecule has 11 heteroatoms. The Bertz CT molecular complexity index is 1450. The minimum Gasteiger partial charge on any atom is -0.464 e. The van der Waals surface area contributed by atoms with E-state index in [4.69, 9.17) is 10.5 Å². The number of nitrogens with zero attached hydrogens (tertiary/aromatic N) is 1. The van der Waals surface area contributed by atoms with Gasteiger partial charge in [-0.05, 0) is 35.2 Å². The number of carbonyl (C=O) groups is 2. The maximum Gasteiger partial charge on any atom is 0.323 e. The normalized spacial score (nSPS) is 17.2. The van der Waals surface area contributed by atoms with Crippen molar-refractivity contribution in [2.75, 3.05) is 18.9 Å². The van der Waals surface area contributed by atoms with E-state index in [1.165, 1.54) is 34.3 Å². The topological polar surface area (TPSA) is 119 Å². The number of carbonyl (C=O) groups excluding carboxylic acids is 2. The standard InChI is InChI=1S/C30H34FN3O5S2/c1-20(2)27(32)30(36)39-18-16-26(22-8-4-3-5-9-22)33-28(35)29-34(17-19-40-29)41(37,38)23-14-12-21(13-15-23)24-10-6-7-11-25(24)31/h3-15,20,26-27,29H,16-19,32H2,1-2H3,(H,33,35)/t26-,27-,29-/m0/s1. The Morgan fingerprint density at radius 2 is 1.71 bits per heavy atom. The Morgan fingerprint density at radius 1 is 1.05 bits per heavy atom. The second-order valence-electron chi connectivity index (χ2n) is 10.0. The van der Waals surface area contributed by atoms with Gasteiger partial charge in [0.15, 0.2) is 0 Å². The molecular formula is C30H34FN3O5S2. The van der Waals surface area contributed by atoms with Crippen LogP contribution in [0.1, 0.15) is 31.9 Å². The molecule has 0 spiro atoms. The summed E-state index contributed by atoms with van der Waals surface area (Å²) in [4.78, 5) is 25.7. The van der Waals surface area contributed by atoms with Crippen LogP contribution in [0.4, 0.5) is 4.39 Å². The fourth-order valence-electron chi connectivity index (χ4n) is 4.44. The van der Waals surface area contributed by atoms with Crippen LogP contribution < -0.4 is 11.1 Å². The number of thioether (sulfide) groups is 1. The first-order valence-electron chi connectivity index (χ1n) is 13.4. The van der Waals surface area contributed by atoms with Gasteiger partial charge in [-0.1, -0.05) is 74.5 Å². The lowest BCUT2D eigenvalue weighted by molar-refractivity contribution is -0.146. The summed E-state index contributed by atoms with van der Waals surface area (Å²) < 4.78 is 47.9. The van der Waals surface area contributed by atoms with Gasteiger partial charge in [0.2, 0.25) is 15.9 Å². The quantitative estimate of drug-likeness (QED) is 0.315. The van der Waals surface area contributed by atoms with Crippen LogP contribution in [0.5, 0.6) is 0 Å². The predicted molar refractivity (Wildman–Crippen MR) is 158 cm³/mol. The molecule has 0 unspecified atom stereocenters.